The van der Waals surface area contributed by atoms with Crippen molar-refractivity contribution in [1.29, 1.82) is 0 Å². The standard InChI is InChI=1S/C19H24N4O2S/c1-21-11-13-22(14-12-21)26(24,25)17-8-9-19(20-15-17)23-10-4-6-16-5-2-3-7-18(16)23/h2-3,5,7-9,15H,4,6,10-14H2,1H3. The molecule has 0 aliphatic carbocycles. The minimum Gasteiger partial charge on any atom is -0.326 e. The Morgan fingerprint density at radius 2 is 1.73 bits per heavy atom. The van der Waals surface area contributed by atoms with E-state index < -0.39 is 10.0 Å². The van der Waals surface area contributed by atoms with E-state index in [9.17, 15) is 8.42 Å². The minimum atomic E-state index is -3.47. The van der Waals surface area contributed by atoms with E-state index in [-0.39, 0.29) is 4.90 Å². The van der Waals surface area contributed by atoms with Crippen LogP contribution in [0.2, 0.25) is 0 Å². The summed E-state index contributed by atoms with van der Waals surface area (Å²) in [5, 5.41) is 0. The highest BCUT2D eigenvalue weighted by atomic mass is 32.2. The molecule has 0 atom stereocenters. The Labute approximate surface area is 155 Å². The molecule has 0 radical (unpaired) electrons. The molecule has 138 valence electrons. The van der Waals surface area contributed by atoms with E-state index in [1.807, 2.05) is 19.2 Å². The van der Waals surface area contributed by atoms with Crippen LogP contribution in [0.3, 0.4) is 0 Å². The van der Waals surface area contributed by atoms with Crippen molar-refractivity contribution in [2.24, 2.45) is 0 Å². The lowest BCUT2D eigenvalue weighted by Gasteiger charge is -2.32. The molecule has 0 saturated carbocycles. The molecule has 0 N–H and O–H groups in total. The monoisotopic (exact) mass is 372 g/mol. The zero-order chi connectivity index (χ0) is 18.1. The number of hydrogen-bond acceptors (Lipinski definition) is 5. The van der Waals surface area contributed by atoms with Crippen molar-refractivity contribution in [2.75, 3.05) is 44.7 Å². The number of pyridine rings is 1. The predicted octanol–water partition coefficient (Wildman–Crippen LogP) is 2.10. The van der Waals surface area contributed by atoms with Gasteiger partial charge in [-0.05, 0) is 43.7 Å². The second-order valence-corrected chi connectivity index (χ2v) is 8.88. The van der Waals surface area contributed by atoms with E-state index in [2.05, 4.69) is 33.0 Å². The number of rotatable bonds is 3. The molecule has 3 heterocycles. The average molecular weight is 372 g/mol. The quantitative estimate of drug-likeness (QED) is 0.826. The second-order valence-electron chi connectivity index (χ2n) is 6.94. The van der Waals surface area contributed by atoms with Crippen LogP contribution in [0.25, 0.3) is 0 Å². The van der Waals surface area contributed by atoms with Crippen LogP contribution in [0.1, 0.15) is 12.0 Å². The molecule has 1 aromatic heterocycles. The van der Waals surface area contributed by atoms with Gasteiger partial charge in [0.15, 0.2) is 0 Å². The first-order valence-electron chi connectivity index (χ1n) is 9.06. The first-order chi connectivity index (χ1) is 12.6. The first-order valence-corrected chi connectivity index (χ1v) is 10.5. The third kappa shape index (κ3) is 3.22. The van der Waals surface area contributed by atoms with Gasteiger partial charge in [0, 0.05) is 44.6 Å². The van der Waals surface area contributed by atoms with Gasteiger partial charge >= 0.3 is 0 Å². The lowest BCUT2D eigenvalue weighted by atomic mass is 10.0. The van der Waals surface area contributed by atoms with Crippen LogP contribution in [-0.2, 0) is 16.4 Å². The van der Waals surface area contributed by atoms with Crippen molar-refractivity contribution in [1.82, 2.24) is 14.2 Å². The molecule has 26 heavy (non-hydrogen) atoms. The Balaban J connectivity index is 1.58. The van der Waals surface area contributed by atoms with E-state index in [1.54, 1.807) is 10.4 Å². The molecule has 4 rings (SSSR count). The molecular weight excluding hydrogens is 348 g/mol. The molecule has 0 amide bonds. The third-order valence-corrected chi connectivity index (χ3v) is 7.09. The van der Waals surface area contributed by atoms with Gasteiger partial charge in [-0.3, -0.25) is 0 Å². The molecule has 7 heteroatoms. The minimum absolute atomic E-state index is 0.274. The number of aryl methyl sites for hydroxylation is 1. The topological polar surface area (TPSA) is 56.8 Å². The fourth-order valence-electron chi connectivity index (χ4n) is 3.63. The molecule has 2 aliphatic rings. The van der Waals surface area contributed by atoms with Gasteiger partial charge in [0.05, 0.1) is 0 Å². The van der Waals surface area contributed by atoms with Crippen molar-refractivity contribution < 1.29 is 8.42 Å². The summed E-state index contributed by atoms with van der Waals surface area (Å²) < 4.78 is 27.2. The molecule has 1 fully saturated rings. The summed E-state index contributed by atoms with van der Waals surface area (Å²) >= 11 is 0. The van der Waals surface area contributed by atoms with Crippen LogP contribution < -0.4 is 4.90 Å². The number of piperazine rings is 1. The van der Waals surface area contributed by atoms with E-state index in [0.717, 1.165) is 38.3 Å². The molecule has 1 aromatic carbocycles. The summed E-state index contributed by atoms with van der Waals surface area (Å²) in [7, 11) is -1.46. The van der Waals surface area contributed by atoms with E-state index in [1.165, 1.54) is 17.4 Å². The summed E-state index contributed by atoms with van der Waals surface area (Å²) in [4.78, 5) is 9.07. The Morgan fingerprint density at radius 1 is 0.962 bits per heavy atom. The fourth-order valence-corrected chi connectivity index (χ4v) is 5.00. The maximum Gasteiger partial charge on any atom is 0.244 e. The molecule has 0 bridgehead atoms. The van der Waals surface area contributed by atoms with Gasteiger partial charge in [-0.25, -0.2) is 13.4 Å². The number of likely N-dealkylation sites (N-methyl/N-ethyl adjacent to an activating group) is 1. The highest BCUT2D eigenvalue weighted by Crippen LogP contribution is 2.32. The van der Waals surface area contributed by atoms with Gasteiger partial charge in [-0.1, -0.05) is 18.2 Å². The molecule has 2 aliphatic heterocycles. The van der Waals surface area contributed by atoms with Crippen LogP contribution >= 0.6 is 0 Å². The van der Waals surface area contributed by atoms with Gasteiger partial charge in [-0.15, -0.1) is 0 Å². The summed E-state index contributed by atoms with van der Waals surface area (Å²) in [6.07, 6.45) is 3.64. The smallest absolute Gasteiger partial charge is 0.244 e. The van der Waals surface area contributed by atoms with Gasteiger partial charge in [-0.2, -0.15) is 4.31 Å². The van der Waals surface area contributed by atoms with Crippen LogP contribution in [0, 0.1) is 0 Å². The average Bonchev–Trinajstić information content (AvgIpc) is 2.68. The molecule has 0 spiro atoms. The van der Waals surface area contributed by atoms with Crippen LogP contribution in [0.5, 0.6) is 0 Å². The highest BCUT2D eigenvalue weighted by molar-refractivity contribution is 7.89. The number of para-hydroxylation sites is 1. The number of benzene rings is 1. The lowest BCUT2D eigenvalue weighted by Crippen LogP contribution is -2.47. The van der Waals surface area contributed by atoms with Gasteiger partial charge in [0.25, 0.3) is 0 Å². The number of fused-ring (bicyclic) bond motifs is 1. The molecule has 2 aromatic rings. The molecule has 0 unspecified atom stereocenters. The number of anilines is 2. The normalized spacial score (nSPS) is 19.3. The van der Waals surface area contributed by atoms with E-state index in [4.69, 9.17) is 0 Å². The van der Waals surface area contributed by atoms with Crippen LogP contribution in [0.4, 0.5) is 11.5 Å². The maximum absolute atomic E-state index is 12.8. The van der Waals surface area contributed by atoms with Crippen molar-refractivity contribution in [3.8, 4) is 0 Å². The second kappa shape index (κ2) is 6.98. The predicted molar refractivity (Wildman–Crippen MR) is 102 cm³/mol. The fraction of sp³-hybridized carbons (Fsp3) is 0.421. The van der Waals surface area contributed by atoms with Crippen molar-refractivity contribution in [3.05, 3.63) is 48.2 Å². The lowest BCUT2D eigenvalue weighted by molar-refractivity contribution is 0.222. The summed E-state index contributed by atoms with van der Waals surface area (Å²) in [6.45, 7) is 3.47. The number of hydrogen-bond donors (Lipinski definition) is 0. The van der Waals surface area contributed by atoms with Crippen molar-refractivity contribution >= 4 is 21.5 Å². The SMILES string of the molecule is CN1CCN(S(=O)(=O)c2ccc(N3CCCc4ccccc43)nc2)CC1. The first kappa shape index (κ1) is 17.5. The number of aromatic nitrogens is 1. The molecule has 6 nitrogen and oxygen atoms in total. The van der Waals surface area contributed by atoms with Gasteiger partial charge in [0.2, 0.25) is 10.0 Å². The van der Waals surface area contributed by atoms with Crippen LogP contribution in [-0.4, -0.2) is 62.4 Å². The van der Waals surface area contributed by atoms with Crippen molar-refractivity contribution in [2.45, 2.75) is 17.7 Å². The Hall–Kier alpha value is -1.96. The summed E-state index contributed by atoms with van der Waals surface area (Å²) in [5.74, 6) is 0.800. The van der Waals surface area contributed by atoms with Gasteiger partial charge < -0.3 is 9.80 Å². The maximum atomic E-state index is 12.8. The Bertz CT molecular complexity index is 875. The molecule has 1 saturated heterocycles. The van der Waals surface area contributed by atoms with E-state index in [0.29, 0.717) is 13.1 Å². The van der Waals surface area contributed by atoms with E-state index >= 15 is 0 Å². The Kier molecular flexibility index (Phi) is 4.69. The van der Waals surface area contributed by atoms with Crippen LogP contribution in [0.15, 0.2) is 47.5 Å². The zero-order valence-corrected chi connectivity index (χ0v) is 15.8. The summed E-state index contributed by atoms with van der Waals surface area (Å²) in [6, 6.07) is 11.8. The largest absolute Gasteiger partial charge is 0.326 e. The highest BCUT2D eigenvalue weighted by Gasteiger charge is 2.28. The van der Waals surface area contributed by atoms with Crippen molar-refractivity contribution in [3.63, 3.8) is 0 Å². The third-order valence-electron chi connectivity index (χ3n) is 5.21. The zero-order valence-electron chi connectivity index (χ0n) is 15.0. The summed E-state index contributed by atoms with van der Waals surface area (Å²) in [5.41, 5.74) is 2.48. The van der Waals surface area contributed by atoms with Gasteiger partial charge in [0.1, 0.15) is 10.7 Å². The number of nitrogens with zero attached hydrogens (tertiary/aromatic N) is 4. The number of sulfonamides is 1. The molecular formula is C19H24N4O2S. The Morgan fingerprint density at radius 3 is 2.46 bits per heavy atom.